The van der Waals surface area contributed by atoms with Gasteiger partial charge in [0, 0.05) is 0 Å². The molecule has 7 heavy (non-hydrogen) atoms. The zero-order chi connectivity index (χ0) is 5.15. The number of carboxylic acid groups (broad SMARTS) is 1. The highest BCUT2D eigenvalue weighted by Gasteiger charge is 2.05. The van der Waals surface area contributed by atoms with Crippen molar-refractivity contribution in [3.05, 3.63) is 0 Å². The Bertz CT molecular complexity index is 62.0. The third kappa shape index (κ3) is 6.05. The number of alkyl halides is 2. The number of aliphatic carboxylic acids is 1. The number of hydrogen-bond acceptors (Lipinski definition) is 1. The van der Waals surface area contributed by atoms with E-state index in [9.17, 15) is 4.79 Å². The molecule has 0 aromatic carbocycles. The lowest BCUT2D eigenvalue weighted by Gasteiger charge is -1.84. The van der Waals surface area contributed by atoms with Gasteiger partial charge < -0.3 is 5.11 Å². The Hall–Kier alpha value is 0.0500. The smallest absolute Gasteiger partial charge is 0.337 e. The Labute approximate surface area is 52.0 Å². The first-order chi connectivity index (χ1) is 2.64. The zero-order valence-corrected chi connectivity index (χ0v) is 4.20. The molecule has 0 radical (unpaired) electrons. The normalized spacial score (nSPS) is 7.86. The fraction of sp³-hybridized carbons (Fsp3) is 0.667. The third-order valence-electron chi connectivity index (χ3n) is 0.187. The summed E-state index contributed by atoms with van der Waals surface area (Å²) in [6, 6.07) is 0. The van der Waals surface area contributed by atoms with Gasteiger partial charge in [0.15, 0.2) is 0 Å². The molecule has 4 heteroatoms. The van der Waals surface area contributed by atoms with Gasteiger partial charge in [0.2, 0.25) is 4.84 Å². The Morgan fingerprint density at radius 1 is 1.57 bits per heavy atom. The van der Waals surface area contributed by atoms with Crippen LogP contribution in [0, 0.1) is 0 Å². The van der Waals surface area contributed by atoms with Crippen molar-refractivity contribution in [2.24, 2.45) is 0 Å². The highest BCUT2D eigenvalue weighted by atomic mass is 35.5. The molecule has 0 amide bonds. The monoisotopic (exact) mass is 144 g/mol. The Balaban J connectivity index is 0. The predicted molar refractivity (Wildman–Crippen MR) is 29.9 cm³/mol. The second-order valence-corrected chi connectivity index (χ2v) is 1.74. The summed E-state index contributed by atoms with van der Waals surface area (Å²) in [7, 11) is 0. The van der Waals surface area contributed by atoms with Crippen molar-refractivity contribution in [1.82, 2.24) is 0 Å². The topological polar surface area (TPSA) is 37.3 Å². The molecule has 0 fully saturated rings. The molecule has 0 aliphatic rings. The van der Waals surface area contributed by atoms with Crippen molar-refractivity contribution in [3.8, 4) is 0 Å². The highest BCUT2D eigenvalue weighted by molar-refractivity contribution is 6.52. The lowest BCUT2D eigenvalue weighted by atomic mass is 10.8. The van der Waals surface area contributed by atoms with Crippen LogP contribution in [-0.2, 0) is 4.79 Å². The molecule has 0 aliphatic heterocycles. The minimum Gasteiger partial charge on any atom is -0.479 e. The fourth-order valence-corrected chi connectivity index (χ4v) is 0. The van der Waals surface area contributed by atoms with Gasteiger partial charge in [-0.05, 0) is 0 Å². The maximum Gasteiger partial charge on any atom is 0.337 e. The van der Waals surface area contributed by atoms with Crippen LogP contribution >= 0.6 is 23.2 Å². The molecular formula is C3H6Cl2O2. The number of hydrogen-bond donors (Lipinski definition) is 1. The van der Waals surface area contributed by atoms with Crippen LogP contribution in [0.15, 0.2) is 0 Å². The molecule has 0 aromatic rings. The van der Waals surface area contributed by atoms with E-state index in [1.54, 1.807) is 0 Å². The maximum atomic E-state index is 9.44. The molecule has 0 heterocycles. The van der Waals surface area contributed by atoms with E-state index in [0.717, 1.165) is 0 Å². The van der Waals surface area contributed by atoms with Gasteiger partial charge in [-0.25, -0.2) is 4.79 Å². The summed E-state index contributed by atoms with van der Waals surface area (Å²) in [5, 5.41) is 7.73. The average molecular weight is 145 g/mol. The summed E-state index contributed by atoms with van der Waals surface area (Å²) in [5.74, 6) is -1.21. The summed E-state index contributed by atoms with van der Waals surface area (Å²) < 4.78 is 0. The van der Waals surface area contributed by atoms with Gasteiger partial charge in [-0.2, -0.15) is 0 Å². The van der Waals surface area contributed by atoms with E-state index in [0.29, 0.717) is 0 Å². The van der Waals surface area contributed by atoms with Gasteiger partial charge >= 0.3 is 5.97 Å². The average Bonchev–Trinajstić information content (AvgIpc) is 1.36. The van der Waals surface area contributed by atoms with Gasteiger partial charge in [-0.1, -0.05) is 30.6 Å². The van der Waals surface area contributed by atoms with E-state index < -0.39 is 10.8 Å². The Kier molecular flexibility index (Phi) is 6.09. The fourth-order valence-electron chi connectivity index (χ4n) is 0. The van der Waals surface area contributed by atoms with E-state index in [-0.39, 0.29) is 7.43 Å². The minimum absolute atomic E-state index is 0. The van der Waals surface area contributed by atoms with Crippen molar-refractivity contribution in [1.29, 1.82) is 0 Å². The summed E-state index contributed by atoms with van der Waals surface area (Å²) in [5.41, 5.74) is 0. The molecule has 0 rings (SSSR count). The summed E-state index contributed by atoms with van der Waals surface area (Å²) in [6.45, 7) is 0. The van der Waals surface area contributed by atoms with E-state index in [4.69, 9.17) is 28.3 Å². The van der Waals surface area contributed by atoms with E-state index in [1.165, 1.54) is 0 Å². The predicted octanol–water partition coefficient (Wildman–Crippen LogP) is 1.51. The second-order valence-electron chi connectivity index (χ2n) is 0.639. The molecule has 0 saturated heterocycles. The summed E-state index contributed by atoms with van der Waals surface area (Å²) >= 11 is 9.56. The van der Waals surface area contributed by atoms with Crippen LogP contribution in [0.3, 0.4) is 0 Å². The van der Waals surface area contributed by atoms with Crippen molar-refractivity contribution < 1.29 is 9.90 Å². The van der Waals surface area contributed by atoms with Gasteiger partial charge in [0.05, 0.1) is 0 Å². The van der Waals surface area contributed by atoms with Crippen molar-refractivity contribution >= 4 is 29.2 Å². The molecular weight excluding hydrogens is 139 g/mol. The number of halogens is 2. The van der Waals surface area contributed by atoms with Crippen LogP contribution in [0.25, 0.3) is 0 Å². The van der Waals surface area contributed by atoms with Gasteiger partial charge in [-0.15, -0.1) is 0 Å². The van der Waals surface area contributed by atoms with Crippen molar-refractivity contribution in [2.45, 2.75) is 12.3 Å². The van der Waals surface area contributed by atoms with E-state index >= 15 is 0 Å². The second kappa shape index (κ2) is 4.22. The molecule has 44 valence electrons. The summed E-state index contributed by atoms with van der Waals surface area (Å²) in [4.78, 5) is 8.15. The van der Waals surface area contributed by atoms with Gasteiger partial charge in [0.1, 0.15) is 0 Å². The number of carboxylic acids is 1. The van der Waals surface area contributed by atoms with E-state index in [2.05, 4.69) is 0 Å². The molecule has 0 atom stereocenters. The standard InChI is InChI=1S/C2H2Cl2O2.CH4/c3-1(4)2(5)6;/h1H,(H,5,6);1H4. The lowest BCUT2D eigenvalue weighted by molar-refractivity contribution is -0.135. The molecule has 1 N–H and O–H groups in total. The molecule has 0 unspecified atom stereocenters. The first-order valence-electron chi connectivity index (χ1n) is 1.15. The molecule has 2 nitrogen and oxygen atoms in total. The highest BCUT2D eigenvalue weighted by Crippen LogP contribution is 1.98. The van der Waals surface area contributed by atoms with Crippen molar-refractivity contribution in [3.63, 3.8) is 0 Å². The maximum absolute atomic E-state index is 9.44. The number of carbonyl (C=O) groups is 1. The molecule has 0 bridgehead atoms. The van der Waals surface area contributed by atoms with Crippen LogP contribution < -0.4 is 0 Å². The minimum atomic E-state index is -1.29. The molecule has 0 spiro atoms. The van der Waals surface area contributed by atoms with Crippen LogP contribution in [0.5, 0.6) is 0 Å². The van der Waals surface area contributed by atoms with Crippen LogP contribution in [0.1, 0.15) is 7.43 Å². The molecule has 0 aromatic heterocycles. The van der Waals surface area contributed by atoms with Crippen LogP contribution in [0.2, 0.25) is 0 Å². The van der Waals surface area contributed by atoms with Gasteiger partial charge in [0.25, 0.3) is 0 Å². The first-order valence-corrected chi connectivity index (χ1v) is 2.03. The molecule has 0 aliphatic carbocycles. The molecule has 0 saturated carbocycles. The van der Waals surface area contributed by atoms with E-state index in [1.807, 2.05) is 0 Å². The number of rotatable bonds is 1. The quantitative estimate of drug-likeness (QED) is 0.567. The Morgan fingerprint density at radius 3 is 1.71 bits per heavy atom. The third-order valence-corrected chi connectivity index (χ3v) is 0.560. The van der Waals surface area contributed by atoms with Crippen molar-refractivity contribution in [2.75, 3.05) is 0 Å². The van der Waals surface area contributed by atoms with Gasteiger partial charge in [-0.3, -0.25) is 0 Å². The van der Waals surface area contributed by atoms with Crippen LogP contribution in [-0.4, -0.2) is 15.9 Å². The Morgan fingerprint density at radius 2 is 1.71 bits per heavy atom. The largest absolute Gasteiger partial charge is 0.479 e. The van der Waals surface area contributed by atoms with Crippen LogP contribution in [0.4, 0.5) is 0 Å². The first kappa shape index (κ1) is 10.1. The SMILES string of the molecule is C.O=C(O)C(Cl)Cl. The lowest BCUT2D eigenvalue weighted by Crippen LogP contribution is -2.03. The zero-order valence-electron chi connectivity index (χ0n) is 2.69. The summed E-state index contributed by atoms with van der Waals surface area (Å²) in [6.07, 6.45) is 0.